The summed E-state index contributed by atoms with van der Waals surface area (Å²) in [7, 11) is 0. The molecule has 0 aliphatic carbocycles. The number of aliphatic hydroxyl groups is 1. The standard InChI is InChI=1S/C9H14N2O2.ClH/c12-6-8-5-9(11-13-8)7-1-3-10-4-2-7;/h5,7,10,12H,1-4,6H2;1H. The highest BCUT2D eigenvalue weighted by atomic mass is 35.5. The molecule has 0 saturated carbocycles. The number of hydrogen-bond acceptors (Lipinski definition) is 4. The monoisotopic (exact) mass is 218 g/mol. The van der Waals surface area contributed by atoms with Crippen LogP contribution in [-0.4, -0.2) is 23.4 Å². The first-order chi connectivity index (χ1) is 6.40. The van der Waals surface area contributed by atoms with Gasteiger partial charge in [-0.3, -0.25) is 0 Å². The second-order valence-corrected chi connectivity index (χ2v) is 3.40. The fraction of sp³-hybridized carbons (Fsp3) is 0.667. The second-order valence-electron chi connectivity index (χ2n) is 3.40. The van der Waals surface area contributed by atoms with Gasteiger partial charge in [0.25, 0.3) is 0 Å². The summed E-state index contributed by atoms with van der Waals surface area (Å²) in [6.07, 6.45) is 2.22. The van der Waals surface area contributed by atoms with Gasteiger partial charge in [-0.2, -0.15) is 0 Å². The molecule has 1 aromatic heterocycles. The molecule has 0 spiro atoms. The smallest absolute Gasteiger partial charge is 0.162 e. The van der Waals surface area contributed by atoms with E-state index in [1.54, 1.807) is 0 Å². The molecular formula is C9H15ClN2O2. The van der Waals surface area contributed by atoms with Gasteiger partial charge in [-0.25, -0.2) is 0 Å². The molecule has 0 bridgehead atoms. The molecule has 4 nitrogen and oxygen atoms in total. The zero-order chi connectivity index (χ0) is 9.10. The highest BCUT2D eigenvalue weighted by Gasteiger charge is 2.18. The fourth-order valence-corrected chi connectivity index (χ4v) is 1.71. The summed E-state index contributed by atoms with van der Waals surface area (Å²) in [5.41, 5.74) is 0.991. The fourth-order valence-electron chi connectivity index (χ4n) is 1.71. The van der Waals surface area contributed by atoms with Crippen LogP contribution in [0.15, 0.2) is 10.6 Å². The number of nitrogens with zero attached hydrogens (tertiary/aromatic N) is 1. The zero-order valence-electron chi connectivity index (χ0n) is 7.90. The van der Waals surface area contributed by atoms with Crippen LogP contribution < -0.4 is 5.32 Å². The Hall–Kier alpha value is -0.580. The minimum absolute atomic E-state index is 0. The van der Waals surface area contributed by atoms with Gasteiger partial charge in [-0.1, -0.05) is 5.16 Å². The summed E-state index contributed by atoms with van der Waals surface area (Å²) in [6.45, 7) is 2.04. The second kappa shape index (κ2) is 5.34. The van der Waals surface area contributed by atoms with Gasteiger partial charge in [-0.05, 0) is 25.9 Å². The molecule has 1 aromatic rings. The van der Waals surface area contributed by atoms with Crippen molar-refractivity contribution in [2.75, 3.05) is 13.1 Å². The number of aliphatic hydroxyl groups excluding tert-OH is 1. The Morgan fingerprint density at radius 1 is 1.50 bits per heavy atom. The van der Waals surface area contributed by atoms with Crippen LogP contribution in [0.2, 0.25) is 0 Å². The molecule has 5 heteroatoms. The van der Waals surface area contributed by atoms with Crippen molar-refractivity contribution in [3.8, 4) is 0 Å². The lowest BCUT2D eigenvalue weighted by atomic mass is 9.95. The number of nitrogens with one attached hydrogen (secondary N) is 1. The molecule has 2 rings (SSSR count). The lowest BCUT2D eigenvalue weighted by Gasteiger charge is -2.19. The third-order valence-electron chi connectivity index (χ3n) is 2.49. The van der Waals surface area contributed by atoms with E-state index in [1.165, 1.54) is 0 Å². The van der Waals surface area contributed by atoms with Gasteiger partial charge in [-0.15, -0.1) is 12.4 Å². The maximum absolute atomic E-state index is 8.80. The van der Waals surface area contributed by atoms with Gasteiger partial charge in [0.05, 0.1) is 5.69 Å². The van der Waals surface area contributed by atoms with Gasteiger partial charge in [0.1, 0.15) is 6.61 Å². The van der Waals surface area contributed by atoms with Crippen molar-refractivity contribution in [1.29, 1.82) is 0 Å². The van der Waals surface area contributed by atoms with E-state index < -0.39 is 0 Å². The van der Waals surface area contributed by atoms with Crippen molar-refractivity contribution in [2.45, 2.75) is 25.4 Å². The van der Waals surface area contributed by atoms with Gasteiger partial charge in [0.15, 0.2) is 5.76 Å². The maximum atomic E-state index is 8.80. The SMILES string of the molecule is Cl.OCc1cc(C2CCNCC2)no1. The van der Waals surface area contributed by atoms with E-state index in [4.69, 9.17) is 9.63 Å². The van der Waals surface area contributed by atoms with Crippen LogP contribution in [-0.2, 0) is 6.61 Å². The lowest BCUT2D eigenvalue weighted by Crippen LogP contribution is -2.26. The van der Waals surface area contributed by atoms with E-state index >= 15 is 0 Å². The van der Waals surface area contributed by atoms with Crippen LogP contribution in [0, 0.1) is 0 Å². The average molecular weight is 219 g/mol. The summed E-state index contributed by atoms with van der Waals surface area (Å²) in [6, 6.07) is 1.86. The Kier molecular flexibility index (Phi) is 4.38. The molecule has 1 fully saturated rings. The van der Waals surface area contributed by atoms with E-state index in [0.29, 0.717) is 11.7 Å². The van der Waals surface area contributed by atoms with E-state index in [2.05, 4.69) is 10.5 Å². The Morgan fingerprint density at radius 3 is 2.79 bits per heavy atom. The third-order valence-corrected chi connectivity index (χ3v) is 2.49. The minimum atomic E-state index is -0.0576. The lowest BCUT2D eigenvalue weighted by molar-refractivity contribution is 0.227. The van der Waals surface area contributed by atoms with Gasteiger partial charge in [0, 0.05) is 12.0 Å². The van der Waals surface area contributed by atoms with Gasteiger partial charge < -0.3 is 14.9 Å². The van der Waals surface area contributed by atoms with Crippen molar-refractivity contribution in [1.82, 2.24) is 10.5 Å². The molecular weight excluding hydrogens is 204 g/mol. The predicted octanol–water partition coefficient (Wildman–Crippen LogP) is 1.06. The average Bonchev–Trinajstić information content (AvgIpc) is 2.67. The van der Waals surface area contributed by atoms with Crippen LogP contribution in [0.5, 0.6) is 0 Å². The maximum Gasteiger partial charge on any atom is 0.162 e. The van der Waals surface area contributed by atoms with Crippen molar-refractivity contribution in [3.05, 3.63) is 17.5 Å². The van der Waals surface area contributed by atoms with Crippen molar-refractivity contribution in [3.63, 3.8) is 0 Å². The summed E-state index contributed by atoms with van der Waals surface area (Å²) in [5, 5.41) is 16.0. The van der Waals surface area contributed by atoms with Crippen molar-refractivity contribution in [2.24, 2.45) is 0 Å². The van der Waals surface area contributed by atoms with Crippen LogP contribution >= 0.6 is 12.4 Å². The van der Waals surface area contributed by atoms with E-state index in [0.717, 1.165) is 31.6 Å². The normalized spacial score (nSPS) is 17.8. The summed E-state index contributed by atoms with van der Waals surface area (Å²) in [5.74, 6) is 1.07. The van der Waals surface area contributed by atoms with Gasteiger partial charge >= 0.3 is 0 Å². The quantitative estimate of drug-likeness (QED) is 0.780. The molecule has 1 aliphatic heterocycles. The number of piperidine rings is 1. The van der Waals surface area contributed by atoms with Crippen LogP contribution in [0.25, 0.3) is 0 Å². The summed E-state index contributed by atoms with van der Waals surface area (Å²) in [4.78, 5) is 0. The van der Waals surface area contributed by atoms with E-state index in [9.17, 15) is 0 Å². The first-order valence-electron chi connectivity index (χ1n) is 4.67. The first-order valence-corrected chi connectivity index (χ1v) is 4.67. The molecule has 80 valence electrons. The van der Waals surface area contributed by atoms with Crippen LogP contribution in [0.1, 0.15) is 30.2 Å². The Balaban J connectivity index is 0.000000980. The van der Waals surface area contributed by atoms with Crippen molar-refractivity contribution >= 4 is 12.4 Å². The summed E-state index contributed by atoms with van der Waals surface area (Å²) >= 11 is 0. The number of hydrogen-bond donors (Lipinski definition) is 2. The molecule has 2 N–H and O–H groups in total. The molecule has 0 radical (unpaired) electrons. The number of aromatic nitrogens is 1. The van der Waals surface area contributed by atoms with Crippen LogP contribution in [0.3, 0.4) is 0 Å². The Bertz CT molecular complexity index is 272. The largest absolute Gasteiger partial charge is 0.388 e. The summed E-state index contributed by atoms with van der Waals surface area (Å²) < 4.78 is 4.95. The highest BCUT2D eigenvalue weighted by molar-refractivity contribution is 5.85. The minimum Gasteiger partial charge on any atom is -0.388 e. The predicted molar refractivity (Wildman–Crippen MR) is 54.5 cm³/mol. The molecule has 2 heterocycles. The van der Waals surface area contributed by atoms with Crippen LogP contribution in [0.4, 0.5) is 0 Å². The molecule has 0 atom stereocenters. The molecule has 0 unspecified atom stereocenters. The van der Waals surface area contributed by atoms with E-state index in [1.807, 2.05) is 6.07 Å². The molecule has 0 amide bonds. The third kappa shape index (κ3) is 2.47. The zero-order valence-corrected chi connectivity index (χ0v) is 8.72. The Labute approximate surface area is 89.1 Å². The van der Waals surface area contributed by atoms with E-state index in [-0.39, 0.29) is 19.0 Å². The van der Waals surface area contributed by atoms with Gasteiger partial charge in [0.2, 0.25) is 0 Å². The highest BCUT2D eigenvalue weighted by Crippen LogP contribution is 2.24. The first kappa shape index (κ1) is 11.5. The number of halogens is 1. The molecule has 1 aliphatic rings. The molecule has 1 saturated heterocycles. The number of rotatable bonds is 2. The molecule has 0 aromatic carbocycles. The Morgan fingerprint density at radius 2 is 2.21 bits per heavy atom. The molecule has 14 heavy (non-hydrogen) atoms. The van der Waals surface area contributed by atoms with Crippen molar-refractivity contribution < 1.29 is 9.63 Å². The topological polar surface area (TPSA) is 58.3 Å².